The number of carbonyl (C=O) groups is 2. The topological polar surface area (TPSA) is 95.6 Å². The maximum Gasteiger partial charge on any atom is 0.266 e. The molecule has 3 rings (SSSR count). The van der Waals surface area contributed by atoms with E-state index in [0.717, 1.165) is 5.56 Å². The molecule has 0 aliphatic rings. The number of para-hydroxylation sites is 1. The molecule has 0 atom stereocenters. The lowest BCUT2D eigenvalue weighted by Crippen LogP contribution is -2.35. The lowest BCUT2D eigenvalue weighted by molar-refractivity contribution is -0.119. The van der Waals surface area contributed by atoms with Gasteiger partial charge in [-0.2, -0.15) is 0 Å². The first kappa shape index (κ1) is 23.3. The van der Waals surface area contributed by atoms with Gasteiger partial charge in [-0.15, -0.1) is 0 Å². The van der Waals surface area contributed by atoms with Gasteiger partial charge in [-0.25, -0.2) is 8.42 Å². The lowest BCUT2D eigenvalue weighted by Gasteiger charge is -2.25. The monoisotopic (exact) mass is 471 g/mol. The fourth-order valence-corrected chi connectivity index (χ4v) is 4.93. The molecule has 32 heavy (non-hydrogen) atoms. The summed E-state index contributed by atoms with van der Waals surface area (Å²) in [5.74, 6) is -0.964. The molecule has 0 aliphatic carbocycles. The summed E-state index contributed by atoms with van der Waals surface area (Å²) in [6, 6.07) is 21.8. The molecule has 0 unspecified atom stereocenters. The molecular formula is C23H22ClN3O4S. The van der Waals surface area contributed by atoms with Crippen LogP contribution in [0.2, 0.25) is 5.02 Å². The smallest absolute Gasteiger partial charge is 0.266 e. The molecule has 166 valence electrons. The summed E-state index contributed by atoms with van der Waals surface area (Å²) in [4.78, 5) is 23.6. The molecule has 3 aromatic rings. The van der Waals surface area contributed by atoms with Crippen molar-refractivity contribution in [2.45, 2.75) is 11.4 Å². The molecular weight excluding hydrogens is 450 g/mol. The number of benzene rings is 3. The number of rotatable bonds is 8. The van der Waals surface area contributed by atoms with Crippen molar-refractivity contribution in [1.29, 1.82) is 0 Å². The second kappa shape index (κ2) is 10.3. The summed E-state index contributed by atoms with van der Waals surface area (Å²) in [5, 5.41) is 4.83. The van der Waals surface area contributed by atoms with Crippen LogP contribution in [0.15, 0.2) is 83.8 Å². The summed E-state index contributed by atoms with van der Waals surface area (Å²) < 4.78 is 28.6. The molecule has 0 spiro atoms. The van der Waals surface area contributed by atoms with Crippen molar-refractivity contribution in [2.75, 3.05) is 17.9 Å². The Morgan fingerprint density at radius 2 is 1.56 bits per heavy atom. The predicted octanol–water partition coefficient (Wildman–Crippen LogP) is 3.21. The minimum Gasteiger partial charge on any atom is -0.358 e. The Hall–Kier alpha value is -3.36. The highest BCUT2D eigenvalue weighted by molar-refractivity contribution is 7.93. The van der Waals surface area contributed by atoms with E-state index >= 15 is 0 Å². The van der Waals surface area contributed by atoms with Crippen LogP contribution in [0.4, 0.5) is 5.69 Å². The van der Waals surface area contributed by atoms with Gasteiger partial charge in [0.05, 0.1) is 23.8 Å². The number of amides is 2. The molecule has 0 saturated carbocycles. The maximum absolute atomic E-state index is 13.7. The van der Waals surface area contributed by atoms with E-state index in [1.165, 1.54) is 29.6 Å². The second-order valence-corrected chi connectivity index (χ2v) is 9.07. The highest BCUT2D eigenvalue weighted by atomic mass is 35.5. The second-order valence-electron chi connectivity index (χ2n) is 6.83. The number of nitrogens with zero attached hydrogens (tertiary/aromatic N) is 1. The fourth-order valence-electron chi connectivity index (χ4n) is 2.97. The molecule has 0 heterocycles. The van der Waals surface area contributed by atoms with E-state index in [1.54, 1.807) is 30.3 Å². The number of carbonyl (C=O) groups excluding carboxylic acids is 2. The molecule has 0 radical (unpaired) electrons. The van der Waals surface area contributed by atoms with Gasteiger partial charge >= 0.3 is 0 Å². The number of hydrogen-bond donors (Lipinski definition) is 2. The number of nitrogens with one attached hydrogen (secondary N) is 2. The van der Waals surface area contributed by atoms with Crippen molar-refractivity contribution < 1.29 is 18.0 Å². The average Bonchev–Trinajstić information content (AvgIpc) is 2.82. The first-order valence-corrected chi connectivity index (χ1v) is 11.5. The number of halogens is 1. The SMILES string of the molecule is CNC(=O)CNC(=O)c1ccc(Cl)c(S(=O)(=O)N(Cc2ccccc2)c2ccccc2)c1. The zero-order chi connectivity index (χ0) is 23.1. The van der Waals surface area contributed by atoms with Crippen molar-refractivity contribution >= 4 is 39.1 Å². The Morgan fingerprint density at radius 3 is 2.19 bits per heavy atom. The molecule has 0 bridgehead atoms. The normalized spacial score (nSPS) is 10.9. The number of sulfonamides is 1. The van der Waals surface area contributed by atoms with E-state index in [0.29, 0.717) is 5.69 Å². The van der Waals surface area contributed by atoms with Crippen LogP contribution >= 0.6 is 11.6 Å². The summed E-state index contributed by atoms with van der Waals surface area (Å²) in [6.07, 6.45) is 0. The Kier molecular flexibility index (Phi) is 7.50. The fraction of sp³-hybridized carbons (Fsp3) is 0.130. The van der Waals surface area contributed by atoms with Gasteiger partial charge in [-0.1, -0.05) is 60.1 Å². The molecule has 0 saturated heterocycles. The minimum atomic E-state index is -4.13. The summed E-state index contributed by atoms with van der Waals surface area (Å²) in [7, 11) is -2.68. The standard InChI is InChI=1S/C23H22ClN3O4S/c1-25-22(28)15-26-23(29)18-12-13-20(24)21(14-18)32(30,31)27(19-10-6-3-7-11-19)16-17-8-4-2-5-9-17/h2-14H,15-16H2,1H3,(H,25,28)(H,26,29). The van der Waals surface area contributed by atoms with Gasteiger partial charge in [0, 0.05) is 12.6 Å². The predicted molar refractivity (Wildman–Crippen MR) is 124 cm³/mol. The molecule has 9 heteroatoms. The Labute approximate surface area is 192 Å². The van der Waals surface area contributed by atoms with Crippen LogP contribution in [-0.2, 0) is 21.4 Å². The van der Waals surface area contributed by atoms with Crippen molar-refractivity contribution in [3.05, 3.63) is 95.0 Å². The largest absolute Gasteiger partial charge is 0.358 e. The molecule has 2 N–H and O–H groups in total. The van der Waals surface area contributed by atoms with Crippen LogP contribution in [0.25, 0.3) is 0 Å². The molecule has 2 amide bonds. The summed E-state index contributed by atoms with van der Waals surface area (Å²) in [5.41, 5.74) is 1.32. The Morgan fingerprint density at radius 1 is 0.938 bits per heavy atom. The number of likely N-dealkylation sites (N-methyl/N-ethyl adjacent to an activating group) is 1. The van der Waals surface area contributed by atoms with E-state index < -0.39 is 15.9 Å². The van der Waals surface area contributed by atoms with Crippen molar-refractivity contribution in [3.8, 4) is 0 Å². The van der Waals surface area contributed by atoms with Gasteiger partial charge in [-0.05, 0) is 35.9 Å². The van der Waals surface area contributed by atoms with Crippen LogP contribution in [0, 0.1) is 0 Å². The van der Waals surface area contributed by atoms with Crippen LogP contribution in [-0.4, -0.2) is 33.8 Å². The van der Waals surface area contributed by atoms with Gasteiger partial charge in [0.15, 0.2) is 0 Å². The minimum absolute atomic E-state index is 0.0122. The molecule has 0 aliphatic heterocycles. The van der Waals surface area contributed by atoms with Gasteiger partial charge in [0.1, 0.15) is 4.90 Å². The third-order valence-corrected chi connectivity index (χ3v) is 6.92. The van der Waals surface area contributed by atoms with Crippen LogP contribution in [0.5, 0.6) is 0 Å². The zero-order valence-corrected chi connectivity index (χ0v) is 18.9. The third-order valence-electron chi connectivity index (χ3n) is 4.66. The molecule has 7 nitrogen and oxygen atoms in total. The van der Waals surface area contributed by atoms with Crippen LogP contribution < -0.4 is 14.9 Å². The summed E-state index contributed by atoms with van der Waals surface area (Å²) in [6.45, 7) is -0.152. The Balaban J connectivity index is 2.00. The van der Waals surface area contributed by atoms with Gasteiger partial charge < -0.3 is 10.6 Å². The Bertz CT molecular complexity index is 1200. The first-order valence-electron chi connectivity index (χ1n) is 9.73. The van der Waals surface area contributed by atoms with E-state index in [4.69, 9.17) is 11.6 Å². The van der Waals surface area contributed by atoms with Gasteiger partial charge in [-0.3, -0.25) is 13.9 Å². The number of hydrogen-bond acceptors (Lipinski definition) is 4. The van der Waals surface area contributed by atoms with Crippen molar-refractivity contribution in [2.24, 2.45) is 0 Å². The first-order chi connectivity index (χ1) is 15.3. The third kappa shape index (κ3) is 5.46. The zero-order valence-electron chi connectivity index (χ0n) is 17.3. The maximum atomic E-state index is 13.7. The van der Waals surface area contributed by atoms with Crippen LogP contribution in [0.3, 0.4) is 0 Å². The van der Waals surface area contributed by atoms with Gasteiger partial charge in [0.2, 0.25) is 5.91 Å². The highest BCUT2D eigenvalue weighted by Crippen LogP contribution is 2.30. The highest BCUT2D eigenvalue weighted by Gasteiger charge is 2.28. The van der Waals surface area contributed by atoms with Crippen molar-refractivity contribution in [3.63, 3.8) is 0 Å². The van der Waals surface area contributed by atoms with E-state index in [2.05, 4.69) is 10.6 Å². The number of anilines is 1. The molecule has 0 fully saturated rings. The van der Waals surface area contributed by atoms with Crippen molar-refractivity contribution in [1.82, 2.24) is 10.6 Å². The van der Waals surface area contributed by atoms with E-state index in [1.807, 2.05) is 30.3 Å². The van der Waals surface area contributed by atoms with E-state index in [-0.39, 0.29) is 34.5 Å². The van der Waals surface area contributed by atoms with Crippen LogP contribution in [0.1, 0.15) is 15.9 Å². The molecule has 3 aromatic carbocycles. The average molecular weight is 472 g/mol. The van der Waals surface area contributed by atoms with Gasteiger partial charge in [0.25, 0.3) is 15.9 Å². The lowest BCUT2D eigenvalue weighted by atomic mass is 10.2. The van der Waals surface area contributed by atoms with E-state index in [9.17, 15) is 18.0 Å². The molecule has 0 aromatic heterocycles. The summed E-state index contributed by atoms with van der Waals surface area (Å²) >= 11 is 6.27. The quantitative estimate of drug-likeness (QED) is 0.527.